The topological polar surface area (TPSA) is 21.3 Å². The molecule has 16 heavy (non-hydrogen) atoms. The molecule has 0 heterocycles. The Kier molecular flexibility index (Phi) is 6.50. The summed E-state index contributed by atoms with van der Waals surface area (Å²) in [6.45, 7) is 2.99. The van der Waals surface area contributed by atoms with Gasteiger partial charge in [0.1, 0.15) is 5.75 Å². The summed E-state index contributed by atoms with van der Waals surface area (Å²) in [4.78, 5) is 0. The average molecular weight is 286 g/mol. The van der Waals surface area contributed by atoms with E-state index in [4.69, 9.17) is 4.74 Å². The number of halogens is 1. The van der Waals surface area contributed by atoms with E-state index >= 15 is 0 Å². The fourth-order valence-electron chi connectivity index (χ4n) is 1.63. The Labute approximate surface area is 107 Å². The Morgan fingerprint density at radius 2 is 2.25 bits per heavy atom. The first-order valence-corrected chi connectivity index (χ1v) is 6.61. The summed E-state index contributed by atoms with van der Waals surface area (Å²) in [5.41, 5.74) is 0. The van der Waals surface area contributed by atoms with Gasteiger partial charge < -0.3 is 10.1 Å². The van der Waals surface area contributed by atoms with Crippen molar-refractivity contribution in [3.05, 3.63) is 28.7 Å². The minimum absolute atomic E-state index is 0.617. The van der Waals surface area contributed by atoms with Crippen molar-refractivity contribution in [2.45, 2.75) is 32.2 Å². The molecule has 0 aromatic heterocycles. The van der Waals surface area contributed by atoms with Crippen LogP contribution in [0.15, 0.2) is 28.7 Å². The molecule has 0 amide bonds. The number of ether oxygens (including phenoxy) is 1. The Balaban J connectivity index is 2.20. The van der Waals surface area contributed by atoms with Gasteiger partial charge in [0, 0.05) is 10.5 Å². The van der Waals surface area contributed by atoms with Crippen LogP contribution in [0.5, 0.6) is 5.75 Å². The third-order valence-corrected chi connectivity index (χ3v) is 3.16. The maximum Gasteiger partial charge on any atom is 0.120 e. The molecule has 90 valence electrons. The van der Waals surface area contributed by atoms with E-state index in [1.54, 1.807) is 0 Å². The summed E-state index contributed by atoms with van der Waals surface area (Å²) in [7, 11) is 2.02. The average Bonchev–Trinajstić information content (AvgIpc) is 2.29. The molecule has 0 saturated heterocycles. The predicted octanol–water partition coefficient (Wildman–Crippen LogP) is 3.61. The van der Waals surface area contributed by atoms with Gasteiger partial charge in [-0.15, -0.1) is 0 Å². The minimum atomic E-state index is 0.617. The Hall–Kier alpha value is -0.540. The molecule has 1 rings (SSSR count). The lowest BCUT2D eigenvalue weighted by Crippen LogP contribution is -2.24. The van der Waals surface area contributed by atoms with E-state index in [1.165, 1.54) is 12.8 Å². The molecule has 0 radical (unpaired) electrons. The molecule has 1 N–H and O–H groups in total. The standard InChI is InChI=1S/C13H20BrNO/c1-3-12(15-2)7-5-9-16-13-8-4-6-11(14)10-13/h4,6,8,10,12,15H,3,5,7,9H2,1-2H3. The first-order chi connectivity index (χ1) is 7.76. The van der Waals surface area contributed by atoms with E-state index in [9.17, 15) is 0 Å². The van der Waals surface area contributed by atoms with Gasteiger partial charge in [-0.25, -0.2) is 0 Å². The number of hydrogen-bond donors (Lipinski definition) is 1. The second-order valence-corrected chi connectivity index (χ2v) is 4.76. The molecule has 0 bridgehead atoms. The van der Waals surface area contributed by atoms with Gasteiger partial charge in [0.05, 0.1) is 6.61 Å². The molecule has 0 aliphatic heterocycles. The van der Waals surface area contributed by atoms with Gasteiger partial charge in [0.15, 0.2) is 0 Å². The number of rotatable bonds is 7. The van der Waals surface area contributed by atoms with Gasteiger partial charge in [0.2, 0.25) is 0 Å². The first kappa shape index (κ1) is 13.5. The lowest BCUT2D eigenvalue weighted by atomic mass is 10.1. The summed E-state index contributed by atoms with van der Waals surface area (Å²) in [6, 6.07) is 8.59. The lowest BCUT2D eigenvalue weighted by molar-refractivity contribution is 0.296. The number of benzene rings is 1. The van der Waals surface area contributed by atoms with E-state index in [1.807, 2.05) is 31.3 Å². The molecule has 0 aliphatic rings. The van der Waals surface area contributed by atoms with Gasteiger partial charge in [-0.1, -0.05) is 28.9 Å². The Morgan fingerprint density at radius 3 is 2.88 bits per heavy atom. The third-order valence-electron chi connectivity index (χ3n) is 2.66. The molecule has 0 fully saturated rings. The largest absolute Gasteiger partial charge is 0.494 e. The van der Waals surface area contributed by atoms with Crippen LogP contribution in [0.3, 0.4) is 0 Å². The smallest absolute Gasteiger partial charge is 0.120 e. The third kappa shape index (κ3) is 4.99. The van der Waals surface area contributed by atoms with E-state index in [0.29, 0.717) is 6.04 Å². The highest BCUT2D eigenvalue weighted by molar-refractivity contribution is 9.10. The highest BCUT2D eigenvalue weighted by Gasteiger charge is 2.02. The molecule has 0 saturated carbocycles. The maximum absolute atomic E-state index is 5.67. The Bertz CT molecular complexity index is 300. The zero-order valence-electron chi connectivity index (χ0n) is 10.0. The van der Waals surface area contributed by atoms with Gasteiger partial charge in [0.25, 0.3) is 0 Å². The molecule has 0 aliphatic carbocycles. The molecule has 2 nitrogen and oxygen atoms in total. The van der Waals surface area contributed by atoms with E-state index in [2.05, 4.69) is 28.2 Å². The van der Waals surface area contributed by atoms with Crippen molar-refractivity contribution in [3.63, 3.8) is 0 Å². The van der Waals surface area contributed by atoms with Crippen molar-refractivity contribution in [3.8, 4) is 5.75 Å². The van der Waals surface area contributed by atoms with Crippen LogP contribution >= 0.6 is 15.9 Å². The summed E-state index contributed by atoms with van der Waals surface area (Å²) in [5, 5.41) is 3.30. The van der Waals surface area contributed by atoms with Crippen LogP contribution in [-0.4, -0.2) is 19.7 Å². The van der Waals surface area contributed by atoms with Crippen molar-refractivity contribution in [2.75, 3.05) is 13.7 Å². The zero-order chi connectivity index (χ0) is 11.8. The van der Waals surface area contributed by atoms with Gasteiger partial charge >= 0.3 is 0 Å². The SMILES string of the molecule is CCC(CCCOc1cccc(Br)c1)NC. The molecule has 1 atom stereocenters. The molecular weight excluding hydrogens is 266 g/mol. The number of nitrogens with one attached hydrogen (secondary N) is 1. The van der Waals surface area contributed by atoms with Crippen molar-refractivity contribution in [1.82, 2.24) is 5.32 Å². The van der Waals surface area contributed by atoms with Crippen LogP contribution in [0, 0.1) is 0 Å². The van der Waals surface area contributed by atoms with Crippen molar-refractivity contribution < 1.29 is 4.74 Å². The highest BCUT2D eigenvalue weighted by Crippen LogP contribution is 2.18. The second-order valence-electron chi connectivity index (χ2n) is 3.84. The normalized spacial score (nSPS) is 12.4. The molecular formula is C13H20BrNO. The Morgan fingerprint density at radius 1 is 1.44 bits per heavy atom. The van der Waals surface area contributed by atoms with Crippen LogP contribution in [0.2, 0.25) is 0 Å². The fourth-order valence-corrected chi connectivity index (χ4v) is 2.01. The lowest BCUT2D eigenvalue weighted by Gasteiger charge is -2.13. The van der Waals surface area contributed by atoms with Crippen LogP contribution in [0.1, 0.15) is 26.2 Å². The van der Waals surface area contributed by atoms with E-state index < -0.39 is 0 Å². The highest BCUT2D eigenvalue weighted by atomic mass is 79.9. The summed E-state index contributed by atoms with van der Waals surface area (Å²) >= 11 is 3.43. The van der Waals surface area contributed by atoms with Crippen LogP contribution < -0.4 is 10.1 Å². The van der Waals surface area contributed by atoms with Gasteiger partial charge in [-0.2, -0.15) is 0 Å². The monoisotopic (exact) mass is 285 g/mol. The molecule has 1 aromatic carbocycles. The summed E-state index contributed by atoms with van der Waals surface area (Å²) < 4.78 is 6.73. The van der Waals surface area contributed by atoms with Crippen LogP contribution in [0.25, 0.3) is 0 Å². The van der Waals surface area contributed by atoms with Crippen LogP contribution in [-0.2, 0) is 0 Å². The second kappa shape index (κ2) is 7.69. The first-order valence-electron chi connectivity index (χ1n) is 5.82. The molecule has 3 heteroatoms. The molecule has 1 unspecified atom stereocenters. The maximum atomic E-state index is 5.67. The fraction of sp³-hybridized carbons (Fsp3) is 0.538. The zero-order valence-corrected chi connectivity index (χ0v) is 11.6. The predicted molar refractivity (Wildman–Crippen MR) is 72.0 cm³/mol. The quantitative estimate of drug-likeness (QED) is 0.773. The minimum Gasteiger partial charge on any atom is -0.494 e. The van der Waals surface area contributed by atoms with E-state index in [0.717, 1.165) is 23.2 Å². The van der Waals surface area contributed by atoms with E-state index in [-0.39, 0.29) is 0 Å². The summed E-state index contributed by atoms with van der Waals surface area (Å²) in [6.07, 6.45) is 3.43. The van der Waals surface area contributed by atoms with Crippen molar-refractivity contribution in [2.24, 2.45) is 0 Å². The van der Waals surface area contributed by atoms with Gasteiger partial charge in [-0.05, 0) is 44.5 Å². The molecule has 1 aromatic rings. The van der Waals surface area contributed by atoms with Crippen molar-refractivity contribution in [1.29, 1.82) is 0 Å². The summed E-state index contributed by atoms with van der Waals surface area (Å²) in [5.74, 6) is 0.937. The number of hydrogen-bond acceptors (Lipinski definition) is 2. The van der Waals surface area contributed by atoms with Gasteiger partial charge in [-0.3, -0.25) is 0 Å². The van der Waals surface area contributed by atoms with Crippen molar-refractivity contribution >= 4 is 15.9 Å². The van der Waals surface area contributed by atoms with Crippen LogP contribution in [0.4, 0.5) is 0 Å². The molecule has 0 spiro atoms.